The monoisotopic (exact) mass is 504 g/mol. The maximum Gasteiger partial charge on any atom is 0.138 e. The van der Waals surface area contributed by atoms with E-state index in [0.717, 1.165) is 17.2 Å². The van der Waals surface area contributed by atoms with E-state index in [0.29, 0.717) is 0 Å². The normalized spacial score (nSPS) is 11.2. The Bertz CT molecular complexity index is 1840. The highest BCUT2D eigenvalue weighted by atomic mass is 32.1. The largest absolute Gasteiger partial charge is 0.295 e. The Morgan fingerprint density at radius 1 is 0.447 bits per heavy atom. The van der Waals surface area contributed by atoms with Gasteiger partial charge in [-0.15, -0.1) is 11.3 Å². The summed E-state index contributed by atoms with van der Waals surface area (Å²) in [6.45, 7) is 0. The Hall–Kier alpha value is -4.73. The molecule has 0 unspecified atom stereocenters. The van der Waals surface area contributed by atoms with Crippen LogP contribution in [-0.2, 0) is 0 Å². The number of hydrogen-bond acceptors (Lipinski definition) is 3. The minimum atomic E-state index is 0.909. The zero-order chi connectivity index (χ0) is 25.3. The molecule has 180 valence electrons. The van der Waals surface area contributed by atoms with Gasteiger partial charge in [0.25, 0.3) is 0 Å². The van der Waals surface area contributed by atoms with Crippen LogP contribution in [0, 0.1) is 0 Å². The molecule has 0 saturated carbocycles. The first-order valence-electron chi connectivity index (χ1n) is 12.7. The van der Waals surface area contributed by atoms with E-state index >= 15 is 0 Å². The second-order valence-electron chi connectivity index (χ2n) is 9.30. The first-order chi connectivity index (χ1) is 18.8. The summed E-state index contributed by atoms with van der Waals surface area (Å²) in [5.41, 5.74) is 7.01. The van der Waals surface area contributed by atoms with E-state index in [9.17, 15) is 0 Å². The fourth-order valence-corrected chi connectivity index (χ4v) is 6.08. The van der Waals surface area contributed by atoms with Crippen LogP contribution in [-0.4, -0.2) is 4.98 Å². The highest BCUT2D eigenvalue weighted by Gasteiger charge is 2.16. The average Bonchev–Trinajstić information content (AvgIpc) is 3.37. The van der Waals surface area contributed by atoms with Gasteiger partial charge in [0.15, 0.2) is 0 Å². The van der Waals surface area contributed by atoms with Gasteiger partial charge in [-0.25, -0.2) is 4.98 Å². The number of rotatable bonds is 5. The third-order valence-corrected chi connectivity index (χ3v) is 8.07. The second-order valence-corrected chi connectivity index (χ2v) is 10.4. The second kappa shape index (κ2) is 9.62. The maximum absolute atomic E-state index is 4.91. The van der Waals surface area contributed by atoms with E-state index in [4.69, 9.17) is 4.98 Å². The number of anilines is 3. The molecule has 2 heterocycles. The maximum atomic E-state index is 4.91. The third-order valence-electron chi connectivity index (χ3n) is 6.94. The van der Waals surface area contributed by atoms with E-state index in [-0.39, 0.29) is 0 Å². The summed E-state index contributed by atoms with van der Waals surface area (Å²) >= 11 is 1.79. The van der Waals surface area contributed by atoms with E-state index in [1.807, 2.05) is 18.3 Å². The standard InChI is InChI=1S/C35H24N2S/c1-3-9-25(10-4-1)26-15-17-27(18-16-26)28-19-21-30(22-20-28)37(29-11-5-2-6-12-29)35-23-32-31-13-7-8-14-33(31)38-34(32)24-36-35/h1-24H. The molecule has 0 bridgehead atoms. The van der Waals surface area contributed by atoms with Gasteiger partial charge in [-0.3, -0.25) is 4.90 Å². The predicted octanol–water partition coefficient (Wildman–Crippen LogP) is 10.3. The van der Waals surface area contributed by atoms with Crippen molar-refractivity contribution in [3.8, 4) is 22.3 Å². The van der Waals surface area contributed by atoms with Crippen molar-refractivity contribution in [2.24, 2.45) is 0 Å². The molecule has 0 aliphatic rings. The van der Waals surface area contributed by atoms with Gasteiger partial charge in [-0.1, -0.05) is 103 Å². The number of fused-ring (bicyclic) bond motifs is 3. The Morgan fingerprint density at radius 2 is 0.974 bits per heavy atom. The van der Waals surface area contributed by atoms with Crippen molar-refractivity contribution in [3.05, 3.63) is 146 Å². The summed E-state index contributed by atoms with van der Waals surface area (Å²) < 4.78 is 2.49. The van der Waals surface area contributed by atoms with Gasteiger partial charge in [-0.05, 0) is 58.7 Å². The van der Waals surface area contributed by atoms with Crippen LogP contribution in [0.4, 0.5) is 17.2 Å². The minimum Gasteiger partial charge on any atom is -0.295 e. The van der Waals surface area contributed by atoms with Gasteiger partial charge >= 0.3 is 0 Å². The van der Waals surface area contributed by atoms with Crippen LogP contribution in [0.15, 0.2) is 146 Å². The highest BCUT2D eigenvalue weighted by Crippen LogP contribution is 2.39. The molecule has 3 heteroatoms. The van der Waals surface area contributed by atoms with Gasteiger partial charge in [-0.2, -0.15) is 0 Å². The van der Waals surface area contributed by atoms with Crippen molar-refractivity contribution < 1.29 is 0 Å². The molecule has 0 amide bonds. The number of benzene rings is 5. The first-order valence-corrected chi connectivity index (χ1v) is 13.5. The van der Waals surface area contributed by atoms with Gasteiger partial charge < -0.3 is 0 Å². The van der Waals surface area contributed by atoms with Crippen molar-refractivity contribution >= 4 is 48.7 Å². The molecular weight excluding hydrogens is 480 g/mol. The van der Waals surface area contributed by atoms with Crippen LogP contribution in [0.25, 0.3) is 42.4 Å². The summed E-state index contributed by atoms with van der Waals surface area (Å²) in [7, 11) is 0. The lowest BCUT2D eigenvalue weighted by Crippen LogP contribution is -2.11. The van der Waals surface area contributed by atoms with Crippen LogP contribution in [0.5, 0.6) is 0 Å². The number of pyridine rings is 1. The summed E-state index contributed by atoms with van der Waals surface area (Å²) in [5, 5.41) is 2.52. The van der Waals surface area contributed by atoms with Crippen LogP contribution < -0.4 is 4.90 Å². The Morgan fingerprint density at radius 3 is 1.66 bits per heavy atom. The Balaban J connectivity index is 1.27. The zero-order valence-corrected chi connectivity index (χ0v) is 21.5. The molecule has 5 aromatic carbocycles. The Labute approximate surface area is 226 Å². The quantitative estimate of drug-likeness (QED) is 0.232. The lowest BCUT2D eigenvalue weighted by Gasteiger charge is -2.24. The lowest BCUT2D eigenvalue weighted by atomic mass is 10.00. The highest BCUT2D eigenvalue weighted by molar-refractivity contribution is 7.25. The number of hydrogen-bond donors (Lipinski definition) is 0. The molecule has 0 N–H and O–H groups in total. The molecule has 0 aliphatic heterocycles. The van der Waals surface area contributed by atoms with Crippen molar-refractivity contribution in [2.75, 3.05) is 4.90 Å². The molecule has 0 radical (unpaired) electrons. The van der Waals surface area contributed by atoms with Crippen molar-refractivity contribution in [1.82, 2.24) is 4.98 Å². The van der Waals surface area contributed by atoms with Crippen LogP contribution in [0.2, 0.25) is 0 Å². The fraction of sp³-hybridized carbons (Fsp3) is 0. The van der Waals surface area contributed by atoms with Crippen LogP contribution >= 0.6 is 11.3 Å². The minimum absolute atomic E-state index is 0.909. The summed E-state index contributed by atoms with van der Waals surface area (Å²) in [6.07, 6.45) is 2.01. The van der Waals surface area contributed by atoms with Crippen molar-refractivity contribution in [2.45, 2.75) is 0 Å². The molecule has 2 nitrogen and oxygen atoms in total. The number of nitrogens with zero attached hydrogens (tertiary/aromatic N) is 2. The third kappa shape index (κ3) is 4.13. The lowest BCUT2D eigenvalue weighted by molar-refractivity contribution is 1.19. The molecular formula is C35H24N2S. The van der Waals surface area contributed by atoms with Gasteiger partial charge in [0, 0.05) is 33.0 Å². The van der Waals surface area contributed by atoms with Gasteiger partial charge in [0.05, 0.1) is 4.70 Å². The van der Waals surface area contributed by atoms with E-state index < -0.39 is 0 Å². The van der Waals surface area contributed by atoms with E-state index in [1.54, 1.807) is 11.3 Å². The first kappa shape index (κ1) is 22.5. The smallest absolute Gasteiger partial charge is 0.138 e. The molecule has 38 heavy (non-hydrogen) atoms. The average molecular weight is 505 g/mol. The topological polar surface area (TPSA) is 16.1 Å². The summed E-state index contributed by atoms with van der Waals surface area (Å²) in [5.74, 6) is 0.909. The van der Waals surface area contributed by atoms with Crippen LogP contribution in [0.3, 0.4) is 0 Å². The van der Waals surface area contributed by atoms with Gasteiger partial charge in [0.2, 0.25) is 0 Å². The molecule has 0 saturated heterocycles. The number of para-hydroxylation sites is 1. The number of thiophene rings is 1. The SMILES string of the molecule is c1ccc(-c2ccc(-c3ccc(N(c4ccccc4)c4cc5c(cn4)sc4ccccc45)cc3)cc2)cc1. The number of aromatic nitrogens is 1. The molecule has 0 aliphatic carbocycles. The molecule has 2 aromatic heterocycles. The zero-order valence-electron chi connectivity index (χ0n) is 20.7. The molecule has 0 atom stereocenters. The van der Waals surface area contributed by atoms with Gasteiger partial charge in [0.1, 0.15) is 5.82 Å². The molecule has 7 aromatic rings. The van der Waals surface area contributed by atoms with E-state index in [2.05, 4.69) is 132 Å². The van der Waals surface area contributed by atoms with E-state index in [1.165, 1.54) is 42.4 Å². The summed E-state index contributed by atoms with van der Waals surface area (Å²) in [4.78, 5) is 7.14. The molecule has 0 fully saturated rings. The predicted molar refractivity (Wildman–Crippen MR) is 163 cm³/mol. The fourth-order valence-electron chi connectivity index (χ4n) is 5.02. The summed E-state index contributed by atoms with van der Waals surface area (Å²) in [6, 6.07) is 49.3. The van der Waals surface area contributed by atoms with Crippen molar-refractivity contribution in [1.29, 1.82) is 0 Å². The van der Waals surface area contributed by atoms with Crippen molar-refractivity contribution in [3.63, 3.8) is 0 Å². The molecule has 0 spiro atoms. The molecule has 7 rings (SSSR count). The van der Waals surface area contributed by atoms with Crippen LogP contribution in [0.1, 0.15) is 0 Å². The Kier molecular flexibility index (Phi) is 5.69.